The Morgan fingerprint density at radius 1 is 0.541 bits per heavy atom. The number of thiophene rings is 1. The molecular weight excluding hydrogens is 464 g/mol. The summed E-state index contributed by atoms with van der Waals surface area (Å²) in [5, 5.41) is 9.72. The summed E-state index contributed by atoms with van der Waals surface area (Å²) in [5.41, 5.74) is 4.96. The molecule has 7 aromatic rings. The molecule has 7 rings (SSSR count). The van der Waals surface area contributed by atoms with Crippen molar-refractivity contribution in [2.75, 3.05) is 0 Å². The van der Waals surface area contributed by atoms with Crippen LogP contribution in [-0.4, -0.2) is 0 Å². The van der Waals surface area contributed by atoms with Crippen molar-refractivity contribution in [1.82, 2.24) is 0 Å². The van der Waals surface area contributed by atoms with Crippen LogP contribution in [0, 0.1) is 0 Å². The van der Waals surface area contributed by atoms with Crippen molar-refractivity contribution in [3.8, 4) is 22.3 Å². The van der Waals surface area contributed by atoms with E-state index >= 15 is 0 Å². The van der Waals surface area contributed by atoms with Gasteiger partial charge in [-0.25, -0.2) is 0 Å². The third-order valence-corrected chi connectivity index (χ3v) is 8.59. The first-order valence-electron chi connectivity index (χ1n) is 12.5. The smallest absolute Gasteiger partial charge is 0.0433 e. The molecule has 0 aliphatic heterocycles. The summed E-state index contributed by atoms with van der Waals surface area (Å²) >= 11 is 1.88. The van der Waals surface area contributed by atoms with E-state index in [1.54, 1.807) is 0 Å². The zero-order chi connectivity index (χ0) is 24.9. The Labute approximate surface area is 219 Å². The molecule has 0 saturated heterocycles. The minimum atomic E-state index is 1.05. The first kappa shape index (κ1) is 21.8. The van der Waals surface area contributed by atoms with Crippen LogP contribution in [0.15, 0.2) is 122 Å². The first-order valence-corrected chi connectivity index (χ1v) is 13.3. The van der Waals surface area contributed by atoms with Crippen molar-refractivity contribution < 1.29 is 0 Å². The summed E-state index contributed by atoms with van der Waals surface area (Å²) in [5.74, 6) is 0. The standard InChI is InChI=1S/C36H24S/c1-3-10-27-23(2)28-20-19-25(22-34(28)31-14-5-4-13-30(27)31)24-11-8-12-26(21-24)29-16-9-17-33-32-15-6-7-18-35(32)37-36(29)33/h3-22H,1-2H2. The average molecular weight is 489 g/mol. The number of rotatable bonds is 3. The zero-order valence-corrected chi connectivity index (χ0v) is 21.2. The Balaban J connectivity index is 1.44. The van der Waals surface area contributed by atoms with Crippen LogP contribution in [0.5, 0.6) is 0 Å². The summed E-state index contributed by atoms with van der Waals surface area (Å²) in [6.07, 6.45) is 3.91. The van der Waals surface area contributed by atoms with Crippen LogP contribution in [0.2, 0.25) is 0 Å². The van der Waals surface area contributed by atoms with E-state index in [-0.39, 0.29) is 0 Å². The lowest BCUT2D eigenvalue weighted by Gasteiger charge is -2.11. The van der Waals surface area contributed by atoms with Crippen LogP contribution in [0.4, 0.5) is 0 Å². The minimum absolute atomic E-state index is 1.05. The molecule has 0 bridgehead atoms. The molecular formula is C36H24S. The van der Waals surface area contributed by atoms with Gasteiger partial charge in [-0.1, -0.05) is 116 Å². The monoisotopic (exact) mass is 488 g/mol. The largest absolute Gasteiger partial charge is 0.135 e. The molecule has 37 heavy (non-hydrogen) atoms. The van der Waals surface area contributed by atoms with Crippen LogP contribution in [0.1, 0.15) is 0 Å². The number of hydrogen-bond donors (Lipinski definition) is 0. The number of hydrogen-bond acceptors (Lipinski definition) is 1. The van der Waals surface area contributed by atoms with Crippen LogP contribution in [0.3, 0.4) is 0 Å². The van der Waals surface area contributed by atoms with E-state index < -0.39 is 0 Å². The van der Waals surface area contributed by atoms with Crippen molar-refractivity contribution in [3.63, 3.8) is 0 Å². The second-order valence-electron chi connectivity index (χ2n) is 9.46. The van der Waals surface area contributed by atoms with Crippen molar-refractivity contribution in [2.24, 2.45) is 0 Å². The van der Waals surface area contributed by atoms with Gasteiger partial charge in [-0.3, -0.25) is 0 Å². The van der Waals surface area contributed by atoms with E-state index in [0.717, 1.165) is 10.4 Å². The maximum atomic E-state index is 4.44. The first-order chi connectivity index (χ1) is 18.2. The molecule has 0 unspecified atom stereocenters. The molecule has 0 saturated carbocycles. The fourth-order valence-corrected chi connectivity index (χ4v) is 6.86. The Bertz CT molecular complexity index is 2130. The molecule has 1 heterocycles. The average Bonchev–Trinajstić information content (AvgIpc) is 3.34. The lowest BCUT2D eigenvalue weighted by molar-refractivity contribution is 1.61. The second-order valence-corrected chi connectivity index (χ2v) is 10.5. The lowest BCUT2D eigenvalue weighted by Crippen LogP contribution is -2.24. The molecule has 0 spiro atoms. The molecule has 0 aliphatic carbocycles. The SMILES string of the molecule is C=CC=c1c(=C)c2ccc(-c3cccc(-c4cccc5c4sc4ccccc45)c3)cc2c2ccccc12. The highest BCUT2D eigenvalue weighted by molar-refractivity contribution is 7.26. The highest BCUT2D eigenvalue weighted by atomic mass is 32.1. The van der Waals surface area contributed by atoms with Crippen LogP contribution < -0.4 is 10.4 Å². The van der Waals surface area contributed by atoms with Gasteiger partial charge in [0.25, 0.3) is 0 Å². The fraction of sp³-hybridized carbons (Fsp3) is 0. The maximum absolute atomic E-state index is 4.44. The maximum Gasteiger partial charge on any atom is 0.0433 e. The van der Waals surface area contributed by atoms with E-state index in [9.17, 15) is 0 Å². The number of benzene rings is 6. The summed E-state index contributed by atoms with van der Waals surface area (Å²) in [4.78, 5) is 0. The predicted molar refractivity (Wildman–Crippen MR) is 165 cm³/mol. The fourth-order valence-electron chi connectivity index (χ4n) is 5.62. The van der Waals surface area contributed by atoms with Gasteiger partial charge < -0.3 is 0 Å². The highest BCUT2D eigenvalue weighted by Crippen LogP contribution is 2.40. The van der Waals surface area contributed by atoms with Crippen molar-refractivity contribution in [2.45, 2.75) is 0 Å². The van der Waals surface area contributed by atoms with Gasteiger partial charge in [0.15, 0.2) is 0 Å². The quantitative estimate of drug-likeness (QED) is 0.218. The van der Waals surface area contributed by atoms with Crippen LogP contribution in [0.25, 0.3) is 76.6 Å². The van der Waals surface area contributed by atoms with E-state index in [1.807, 2.05) is 17.4 Å². The zero-order valence-electron chi connectivity index (χ0n) is 20.4. The third kappa shape index (κ3) is 3.43. The van der Waals surface area contributed by atoms with E-state index in [1.165, 1.54) is 64.0 Å². The summed E-state index contributed by atoms with van der Waals surface area (Å²) in [6.45, 7) is 8.36. The Morgan fingerprint density at radius 2 is 1.24 bits per heavy atom. The molecule has 0 radical (unpaired) electrons. The summed E-state index contributed by atoms with van der Waals surface area (Å²) in [6, 6.07) is 39.7. The van der Waals surface area contributed by atoms with Gasteiger partial charge in [0.05, 0.1) is 0 Å². The predicted octanol–water partition coefficient (Wildman–Crippen LogP) is 9.07. The van der Waals surface area contributed by atoms with E-state index in [2.05, 4.69) is 128 Å². The topological polar surface area (TPSA) is 0 Å². The Kier molecular flexibility index (Phi) is 5.06. The molecule has 1 heteroatoms. The van der Waals surface area contributed by atoms with E-state index in [4.69, 9.17) is 0 Å². The van der Waals surface area contributed by atoms with Crippen molar-refractivity contribution in [1.29, 1.82) is 0 Å². The van der Waals surface area contributed by atoms with Gasteiger partial charge in [-0.2, -0.15) is 0 Å². The molecule has 0 aliphatic rings. The number of allylic oxidation sites excluding steroid dienone is 1. The summed E-state index contributed by atoms with van der Waals surface area (Å²) in [7, 11) is 0. The molecule has 0 atom stereocenters. The molecule has 1 aromatic heterocycles. The van der Waals surface area contributed by atoms with Gasteiger partial charge in [0, 0.05) is 20.2 Å². The molecule has 0 amide bonds. The van der Waals surface area contributed by atoms with Gasteiger partial charge in [-0.05, 0) is 72.4 Å². The van der Waals surface area contributed by atoms with Gasteiger partial charge in [0.2, 0.25) is 0 Å². The molecule has 174 valence electrons. The van der Waals surface area contributed by atoms with Gasteiger partial charge in [0.1, 0.15) is 0 Å². The molecule has 6 aromatic carbocycles. The Hall–Kier alpha value is -4.46. The van der Waals surface area contributed by atoms with Crippen molar-refractivity contribution >= 4 is 65.7 Å². The normalized spacial score (nSPS) is 12.2. The number of fused-ring (bicyclic) bond motifs is 6. The highest BCUT2D eigenvalue weighted by Gasteiger charge is 2.12. The van der Waals surface area contributed by atoms with Gasteiger partial charge >= 0.3 is 0 Å². The summed E-state index contributed by atoms with van der Waals surface area (Å²) < 4.78 is 2.68. The van der Waals surface area contributed by atoms with Gasteiger partial charge in [-0.15, -0.1) is 11.3 Å². The molecule has 0 N–H and O–H groups in total. The molecule has 0 nitrogen and oxygen atoms in total. The van der Waals surface area contributed by atoms with E-state index in [0.29, 0.717) is 0 Å². The molecule has 0 fully saturated rings. The lowest BCUT2D eigenvalue weighted by atomic mass is 9.93. The Morgan fingerprint density at radius 3 is 2.11 bits per heavy atom. The minimum Gasteiger partial charge on any atom is -0.135 e. The van der Waals surface area contributed by atoms with Crippen LogP contribution >= 0.6 is 11.3 Å². The van der Waals surface area contributed by atoms with Crippen molar-refractivity contribution in [3.05, 3.63) is 132 Å². The third-order valence-electron chi connectivity index (χ3n) is 7.37. The van der Waals surface area contributed by atoms with Crippen LogP contribution in [-0.2, 0) is 0 Å². The second kappa shape index (κ2) is 8.58.